The highest BCUT2D eigenvalue weighted by molar-refractivity contribution is 7.90. The van der Waals surface area contributed by atoms with Gasteiger partial charge in [0.25, 0.3) is 0 Å². The number of hydrogen-bond donors (Lipinski definition) is 0. The van der Waals surface area contributed by atoms with E-state index in [0.717, 1.165) is 28.7 Å². The lowest BCUT2D eigenvalue weighted by atomic mass is 9.97. The van der Waals surface area contributed by atoms with Crippen LogP contribution in [0.3, 0.4) is 0 Å². The van der Waals surface area contributed by atoms with Crippen LogP contribution in [0.2, 0.25) is 0 Å². The van der Waals surface area contributed by atoms with Crippen molar-refractivity contribution in [3.05, 3.63) is 83.4 Å². The molecule has 0 aliphatic rings. The lowest BCUT2D eigenvalue weighted by Gasteiger charge is -2.19. The summed E-state index contributed by atoms with van der Waals surface area (Å²) in [5, 5.41) is 0. The van der Waals surface area contributed by atoms with Gasteiger partial charge >= 0.3 is 5.97 Å². The summed E-state index contributed by atoms with van der Waals surface area (Å²) in [7, 11) is -3.51. The SMILES string of the molecule is CCc1ccccc1-c1cccc(S(C)(=O)=O)c1OCc1ccc(C(=O)OC(C)(C)C)cc1. The van der Waals surface area contributed by atoms with Gasteiger partial charge in [-0.05, 0) is 62.1 Å². The van der Waals surface area contributed by atoms with Gasteiger partial charge in [0.15, 0.2) is 9.84 Å². The van der Waals surface area contributed by atoms with Gasteiger partial charge in [-0.25, -0.2) is 13.2 Å². The van der Waals surface area contributed by atoms with Gasteiger partial charge in [0.2, 0.25) is 0 Å². The zero-order valence-corrected chi connectivity index (χ0v) is 20.5. The molecule has 0 N–H and O–H groups in total. The van der Waals surface area contributed by atoms with E-state index >= 15 is 0 Å². The Morgan fingerprint density at radius 2 is 1.52 bits per heavy atom. The van der Waals surface area contributed by atoms with Gasteiger partial charge in [-0.3, -0.25) is 0 Å². The Kier molecular flexibility index (Phi) is 7.28. The van der Waals surface area contributed by atoms with E-state index in [4.69, 9.17) is 9.47 Å². The third-order valence-corrected chi connectivity index (χ3v) is 6.16. The average Bonchev–Trinajstić information content (AvgIpc) is 2.76. The van der Waals surface area contributed by atoms with Crippen molar-refractivity contribution in [1.82, 2.24) is 0 Å². The summed E-state index contributed by atoms with van der Waals surface area (Å²) in [6.45, 7) is 7.68. The fourth-order valence-electron chi connectivity index (χ4n) is 3.49. The molecule has 0 heterocycles. The van der Waals surface area contributed by atoms with Crippen LogP contribution in [0.5, 0.6) is 5.75 Å². The van der Waals surface area contributed by atoms with Crippen molar-refractivity contribution in [3.8, 4) is 16.9 Å². The molecule has 174 valence electrons. The van der Waals surface area contributed by atoms with Crippen molar-refractivity contribution in [2.75, 3.05) is 6.26 Å². The summed E-state index contributed by atoms with van der Waals surface area (Å²) in [4.78, 5) is 12.4. The molecular weight excluding hydrogens is 436 g/mol. The highest BCUT2D eigenvalue weighted by Gasteiger charge is 2.21. The minimum Gasteiger partial charge on any atom is -0.487 e. The Labute approximate surface area is 196 Å². The predicted octanol–water partition coefficient (Wildman–Crippen LogP) is 5.85. The number of aryl methyl sites for hydroxylation is 1. The summed E-state index contributed by atoms with van der Waals surface area (Å²) < 4.78 is 36.5. The van der Waals surface area contributed by atoms with Crippen LogP contribution < -0.4 is 4.74 Å². The molecule has 0 aromatic heterocycles. The zero-order chi connectivity index (χ0) is 24.2. The number of carbonyl (C=O) groups excluding carboxylic acids is 1. The monoisotopic (exact) mass is 466 g/mol. The molecule has 3 aromatic carbocycles. The molecule has 3 aromatic rings. The van der Waals surface area contributed by atoms with Crippen molar-refractivity contribution in [2.45, 2.75) is 51.2 Å². The molecule has 0 atom stereocenters. The molecule has 0 saturated heterocycles. The Hall–Kier alpha value is -3.12. The van der Waals surface area contributed by atoms with Crippen molar-refractivity contribution in [3.63, 3.8) is 0 Å². The Morgan fingerprint density at radius 1 is 0.879 bits per heavy atom. The molecule has 6 heteroatoms. The number of sulfone groups is 1. The van der Waals surface area contributed by atoms with E-state index in [2.05, 4.69) is 6.92 Å². The molecule has 33 heavy (non-hydrogen) atoms. The van der Waals surface area contributed by atoms with Crippen LogP contribution in [0.4, 0.5) is 0 Å². The minimum atomic E-state index is -3.51. The molecular formula is C27H30O5S. The van der Waals surface area contributed by atoms with Crippen LogP contribution in [0.1, 0.15) is 49.2 Å². The second kappa shape index (κ2) is 9.79. The molecule has 0 amide bonds. The number of esters is 1. The van der Waals surface area contributed by atoms with Gasteiger partial charge in [-0.1, -0.05) is 55.5 Å². The highest BCUT2D eigenvalue weighted by atomic mass is 32.2. The highest BCUT2D eigenvalue weighted by Crippen LogP contribution is 2.38. The number of benzene rings is 3. The molecule has 0 aliphatic carbocycles. The topological polar surface area (TPSA) is 69.7 Å². The molecule has 0 radical (unpaired) electrons. The normalized spacial score (nSPS) is 11.8. The number of carbonyl (C=O) groups is 1. The van der Waals surface area contributed by atoms with Gasteiger partial charge < -0.3 is 9.47 Å². The molecule has 3 rings (SSSR count). The van der Waals surface area contributed by atoms with E-state index in [-0.39, 0.29) is 11.5 Å². The van der Waals surface area contributed by atoms with E-state index in [1.54, 1.807) is 36.4 Å². The first kappa shape index (κ1) is 24.5. The van der Waals surface area contributed by atoms with E-state index in [0.29, 0.717) is 11.3 Å². The molecule has 0 fully saturated rings. The summed E-state index contributed by atoms with van der Waals surface area (Å²) >= 11 is 0. The standard InChI is InChI=1S/C27H30O5S/c1-6-20-10-7-8-11-22(20)23-12-9-13-24(33(5,29)30)25(23)31-18-19-14-16-21(17-15-19)26(28)32-27(2,3)4/h7-17H,6,18H2,1-5H3. The Balaban J connectivity index is 1.93. The van der Waals surface area contributed by atoms with Crippen molar-refractivity contribution in [1.29, 1.82) is 0 Å². The second-order valence-corrected chi connectivity index (χ2v) is 10.9. The Bertz CT molecular complexity index is 1240. The molecule has 0 bridgehead atoms. The van der Waals surface area contributed by atoms with Crippen LogP contribution >= 0.6 is 0 Å². The number of rotatable bonds is 7. The molecule has 0 saturated carbocycles. The van der Waals surface area contributed by atoms with Crippen LogP contribution in [-0.2, 0) is 27.6 Å². The first-order valence-electron chi connectivity index (χ1n) is 10.9. The summed E-state index contributed by atoms with van der Waals surface area (Å²) in [5.74, 6) is -0.0621. The number of para-hydroxylation sites is 1. The predicted molar refractivity (Wildman–Crippen MR) is 130 cm³/mol. The maximum Gasteiger partial charge on any atom is 0.338 e. The van der Waals surface area contributed by atoms with E-state index < -0.39 is 21.4 Å². The van der Waals surface area contributed by atoms with Gasteiger partial charge in [0.1, 0.15) is 22.9 Å². The molecule has 0 spiro atoms. The lowest BCUT2D eigenvalue weighted by Crippen LogP contribution is -2.23. The van der Waals surface area contributed by atoms with Gasteiger partial charge in [0, 0.05) is 11.8 Å². The zero-order valence-electron chi connectivity index (χ0n) is 19.7. The maximum absolute atomic E-state index is 12.5. The first-order valence-corrected chi connectivity index (χ1v) is 12.7. The van der Waals surface area contributed by atoms with Crippen LogP contribution in [0, 0.1) is 0 Å². The minimum absolute atomic E-state index is 0.149. The van der Waals surface area contributed by atoms with Crippen LogP contribution in [-0.4, -0.2) is 26.2 Å². The van der Waals surface area contributed by atoms with Crippen LogP contribution in [0.25, 0.3) is 11.1 Å². The van der Waals surface area contributed by atoms with Gasteiger partial charge in [-0.15, -0.1) is 0 Å². The largest absolute Gasteiger partial charge is 0.487 e. The maximum atomic E-state index is 12.5. The summed E-state index contributed by atoms with van der Waals surface area (Å²) in [6.07, 6.45) is 1.99. The van der Waals surface area contributed by atoms with E-state index in [1.165, 1.54) is 6.26 Å². The summed E-state index contributed by atoms with van der Waals surface area (Å²) in [5.41, 5.74) is 3.47. The number of hydrogen-bond acceptors (Lipinski definition) is 5. The van der Waals surface area contributed by atoms with Crippen LogP contribution in [0.15, 0.2) is 71.6 Å². The van der Waals surface area contributed by atoms with Crippen molar-refractivity contribution < 1.29 is 22.7 Å². The quantitative estimate of drug-likeness (QED) is 0.408. The second-order valence-electron chi connectivity index (χ2n) is 8.90. The summed E-state index contributed by atoms with van der Waals surface area (Å²) in [6, 6.07) is 20.0. The average molecular weight is 467 g/mol. The number of ether oxygens (including phenoxy) is 2. The Morgan fingerprint density at radius 3 is 2.12 bits per heavy atom. The third-order valence-electron chi connectivity index (χ3n) is 5.04. The fraction of sp³-hybridized carbons (Fsp3) is 0.296. The molecule has 5 nitrogen and oxygen atoms in total. The first-order chi connectivity index (χ1) is 15.5. The van der Waals surface area contributed by atoms with Gasteiger partial charge in [-0.2, -0.15) is 0 Å². The van der Waals surface area contributed by atoms with E-state index in [9.17, 15) is 13.2 Å². The van der Waals surface area contributed by atoms with Gasteiger partial charge in [0.05, 0.1) is 5.56 Å². The van der Waals surface area contributed by atoms with Crippen molar-refractivity contribution in [2.24, 2.45) is 0 Å². The molecule has 0 unspecified atom stereocenters. The third kappa shape index (κ3) is 6.23. The van der Waals surface area contributed by atoms with Crippen molar-refractivity contribution >= 4 is 15.8 Å². The lowest BCUT2D eigenvalue weighted by molar-refractivity contribution is 0.00694. The fourth-order valence-corrected chi connectivity index (χ4v) is 4.32. The molecule has 0 aliphatic heterocycles. The van der Waals surface area contributed by atoms with E-state index in [1.807, 2.05) is 51.1 Å². The smallest absolute Gasteiger partial charge is 0.338 e.